The Hall–Kier alpha value is -1.16. The van der Waals surface area contributed by atoms with Gasteiger partial charge in [-0.1, -0.05) is 43.4 Å². The van der Waals surface area contributed by atoms with Gasteiger partial charge in [0.05, 0.1) is 17.9 Å². The molecule has 2 N–H and O–H groups in total. The summed E-state index contributed by atoms with van der Waals surface area (Å²) in [5.74, 6) is 0.886. The predicted octanol–water partition coefficient (Wildman–Crippen LogP) is 2.44. The molecule has 1 aromatic rings. The van der Waals surface area contributed by atoms with Crippen LogP contribution in [0.15, 0.2) is 12.7 Å². The lowest BCUT2D eigenvalue weighted by molar-refractivity contribution is 0.336. The Balaban J connectivity index is 1.97. The molecule has 0 atom stereocenters. The van der Waals surface area contributed by atoms with Gasteiger partial charge in [-0.15, -0.1) is 11.7 Å². The predicted molar refractivity (Wildman–Crippen MR) is 73.0 cm³/mol. The van der Waals surface area contributed by atoms with Gasteiger partial charge in [-0.25, -0.2) is 4.68 Å². The zero-order chi connectivity index (χ0) is 12.8. The minimum absolute atomic E-state index is 0.483. The summed E-state index contributed by atoms with van der Waals surface area (Å²) < 4.78 is 1.94. The van der Waals surface area contributed by atoms with E-state index in [1.54, 1.807) is 0 Å². The van der Waals surface area contributed by atoms with Gasteiger partial charge >= 0.3 is 0 Å². The SMILES string of the molecule is C=CCn1nnc(CN)c1CCC1CCCCC1. The minimum atomic E-state index is 0.483. The summed E-state index contributed by atoms with van der Waals surface area (Å²) in [7, 11) is 0. The van der Waals surface area contributed by atoms with Crippen LogP contribution in [0.25, 0.3) is 0 Å². The molecule has 1 aliphatic rings. The number of aromatic nitrogens is 3. The van der Waals surface area contributed by atoms with E-state index in [4.69, 9.17) is 5.73 Å². The maximum Gasteiger partial charge on any atom is 0.0994 e. The third-order valence-electron chi connectivity index (χ3n) is 3.93. The van der Waals surface area contributed by atoms with Crippen molar-refractivity contribution in [3.63, 3.8) is 0 Å². The smallest absolute Gasteiger partial charge is 0.0994 e. The van der Waals surface area contributed by atoms with Crippen LogP contribution in [0.2, 0.25) is 0 Å². The molecule has 1 saturated carbocycles. The van der Waals surface area contributed by atoms with Crippen molar-refractivity contribution in [3.8, 4) is 0 Å². The lowest BCUT2D eigenvalue weighted by Crippen LogP contribution is -2.12. The van der Waals surface area contributed by atoms with Gasteiger partial charge in [0.2, 0.25) is 0 Å². The zero-order valence-electron chi connectivity index (χ0n) is 11.1. The van der Waals surface area contributed by atoms with E-state index in [9.17, 15) is 0 Å². The van der Waals surface area contributed by atoms with Crippen LogP contribution in [-0.4, -0.2) is 15.0 Å². The summed E-state index contributed by atoms with van der Waals surface area (Å²) in [5, 5.41) is 8.31. The van der Waals surface area contributed by atoms with Crippen LogP contribution in [0.5, 0.6) is 0 Å². The highest BCUT2D eigenvalue weighted by Crippen LogP contribution is 2.27. The molecular weight excluding hydrogens is 224 g/mol. The zero-order valence-corrected chi connectivity index (χ0v) is 11.1. The Morgan fingerprint density at radius 3 is 2.78 bits per heavy atom. The third kappa shape index (κ3) is 3.19. The molecule has 2 rings (SSSR count). The van der Waals surface area contributed by atoms with Gasteiger partial charge in [0.25, 0.3) is 0 Å². The van der Waals surface area contributed by atoms with Gasteiger partial charge in [-0.05, 0) is 18.8 Å². The third-order valence-corrected chi connectivity index (χ3v) is 3.93. The van der Waals surface area contributed by atoms with E-state index in [2.05, 4.69) is 16.9 Å². The molecule has 100 valence electrons. The Morgan fingerprint density at radius 2 is 2.11 bits per heavy atom. The second kappa shape index (κ2) is 6.69. The number of hydrogen-bond donors (Lipinski definition) is 1. The average Bonchev–Trinajstić information content (AvgIpc) is 2.80. The highest BCUT2D eigenvalue weighted by molar-refractivity contribution is 5.10. The standard InChI is InChI=1S/C14H24N4/c1-2-10-18-14(13(11-15)16-17-18)9-8-12-6-4-3-5-7-12/h2,12H,1,3-11,15H2. The Kier molecular flexibility index (Phi) is 4.93. The molecule has 0 spiro atoms. The van der Waals surface area contributed by atoms with E-state index in [1.165, 1.54) is 44.2 Å². The normalized spacial score (nSPS) is 16.9. The van der Waals surface area contributed by atoms with E-state index < -0.39 is 0 Å². The van der Waals surface area contributed by atoms with Gasteiger partial charge in [0.15, 0.2) is 0 Å². The lowest BCUT2D eigenvalue weighted by atomic mass is 9.85. The van der Waals surface area contributed by atoms with Crippen LogP contribution < -0.4 is 5.73 Å². The van der Waals surface area contributed by atoms with E-state index in [0.717, 1.165) is 24.6 Å². The van der Waals surface area contributed by atoms with Crippen molar-refractivity contribution in [3.05, 3.63) is 24.0 Å². The molecule has 4 heteroatoms. The fourth-order valence-corrected chi connectivity index (χ4v) is 2.89. The minimum Gasteiger partial charge on any atom is -0.325 e. The van der Waals surface area contributed by atoms with Gasteiger partial charge < -0.3 is 5.73 Å². The summed E-state index contributed by atoms with van der Waals surface area (Å²) in [6.07, 6.45) is 11.2. The van der Waals surface area contributed by atoms with Crippen molar-refractivity contribution in [1.29, 1.82) is 0 Å². The van der Waals surface area contributed by atoms with E-state index >= 15 is 0 Å². The lowest BCUT2D eigenvalue weighted by Gasteiger charge is -2.21. The van der Waals surface area contributed by atoms with Crippen LogP contribution in [0.3, 0.4) is 0 Å². The number of allylic oxidation sites excluding steroid dienone is 1. The molecule has 1 heterocycles. The van der Waals surface area contributed by atoms with Crippen LogP contribution in [-0.2, 0) is 19.5 Å². The molecular formula is C14H24N4. The van der Waals surface area contributed by atoms with Crippen molar-refractivity contribution in [2.24, 2.45) is 11.7 Å². The number of rotatable bonds is 6. The highest BCUT2D eigenvalue weighted by atomic mass is 15.4. The summed E-state index contributed by atoms with van der Waals surface area (Å²) in [6, 6.07) is 0. The fourth-order valence-electron chi connectivity index (χ4n) is 2.89. The van der Waals surface area contributed by atoms with Crippen molar-refractivity contribution >= 4 is 0 Å². The molecule has 1 aliphatic carbocycles. The fraction of sp³-hybridized carbons (Fsp3) is 0.714. The van der Waals surface area contributed by atoms with Gasteiger partial charge in [0, 0.05) is 6.54 Å². The van der Waals surface area contributed by atoms with Crippen LogP contribution in [0.1, 0.15) is 49.9 Å². The summed E-state index contributed by atoms with van der Waals surface area (Å²) in [5.41, 5.74) is 7.89. The van der Waals surface area contributed by atoms with E-state index in [1.807, 2.05) is 10.8 Å². The monoisotopic (exact) mass is 248 g/mol. The maximum atomic E-state index is 5.73. The van der Waals surface area contributed by atoms with E-state index in [-0.39, 0.29) is 0 Å². The second-order valence-electron chi connectivity index (χ2n) is 5.20. The van der Waals surface area contributed by atoms with Crippen molar-refractivity contribution in [2.75, 3.05) is 0 Å². The molecule has 0 unspecified atom stereocenters. The first kappa shape index (κ1) is 13.3. The molecule has 0 radical (unpaired) electrons. The van der Waals surface area contributed by atoms with Crippen molar-refractivity contribution < 1.29 is 0 Å². The van der Waals surface area contributed by atoms with Gasteiger partial charge in [-0.3, -0.25) is 0 Å². The largest absolute Gasteiger partial charge is 0.325 e. The van der Waals surface area contributed by atoms with Crippen LogP contribution in [0.4, 0.5) is 0 Å². The number of hydrogen-bond acceptors (Lipinski definition) is 3. The van der Waals surface area contributed by atoms with Gasteiger partial charge in [-0.2, -0.15) is 0 Å². The second-order valence-corrected chi connectivity index (χ2v) is 5.20. The number of nitrogens with zero attached hydrogens (tertiary/aromatic N) is 3. The summed E-state index contributed by atoms with van der Waals surface area (Å²) in [6.45, 7) is 4.97. The first-order valence-corrected chi connectivity index (χ1v) is 7.07. The average molecular weight is 248 g/mol. The molecule has 0 amide bonds. The molecule has 4 nitrogen and oxygen atoms in total. The topological polar surface area (TPSA) is 56.7 Å². The van der Waals surface area contributed by atoms with E-state index in [0.29, 0.717) is 6.54 Å². The van der Waals surface area contributed by atoms with Crippen LogP contribution >= 0.6 is 0 Å². The molecule has 0 bridgehead atoms. The number of nitrogens with two attached hydrogens (primary N) is 1. The molecule has 18 heavy (non-hydrogen) atoms. The molecule has 1 aromatic heterocycles. The summed E-state index contributed by atoms with van der Waals surface area (Å²) >= 11 is 0. The van der Waals surface area contributed by atoms with Crippen LogP contribution in [0, 0.1) is 5.92 Å². The Bertz CT molecular complexity index is 377. The first-order valence-electron chi connectivity index (χ1n) is 7.07. The Labute approximate surface area is 109 Å². The maximum absolute atomic E-state index is 5.73. The molecule has 0 aliphatic heterocycles. The highest BCUT2D eigenvalue weighted by Gasteiger charge is 2.16. The van der Waals surface area contributed by atoms with Crippen molar-refractivity contribution in [2.45, 2.75) is 58.0 Å². The quantitative estimate of drug-likeness (QED) is 0.787. The molecule has 1 fully saturated rings. The first-order chi connectivity index (χ1) is 8.85. The molecule has 0 saturated heterocycles. The summed E-state index contributed by atoms with van der Waals surface area (Å²) in [4.78, 5) is 0. The Morgan fingerprint density at radius 1 is 1.33 bits per heavy atom. The van der Waals surface area contributed by atoms with Crippen molar-refractivity contribution in [1.82, 2.24) is 15.0 Å². The molecule has 0 aromatic carbocycles. The van der Waals surface area contributed by atoms with Gasteiger partial charge in [0.1, 0.15) is 0 Å².